The third-order valence-corrected chi connectivity index (χ3v) is 2.16. The summed E-state index contributed by atoms with van der Waals surface area (Å²) in [5.74, 6) is -1.27. The third-order valence-electron chi connectivity index (χ3n) is 2.16. The van der Waals surface area contributed by atoms with E-state index in [9.17, 15) is 14.3 Å². The van der Waals surface area contributed by atoms with E-state index in [0.717, 1.165) is 12.8 Å². The summed E-state index contributed by atoms with van der Waals surface area (Å²) in [5.41, 5.74) is -1.70. The Morgan fingerprint density at radius 1 is 1.75 bits per heavy atom. The summed E-state index contributed by atoms with van der Waals surface area (Å²) in [5, 5.41) is 17.7. The van der Waals surface area contributed by atoms with Crippen molar-refractivity contribution in [2.24, 2.45) is 5.92 Å². The first kappa shape index (κ1) is 9.45. The number of hydrogen-bond acceptors (Lipinski definition) is 2. The molecule has 1 saturated carbocycles. The maximum atomic E-state index is 12.8. The Kier molecular flexibility index (Phi) is 2.37. The first-order chi connectivity index (χ1) is 5.43. The Balaban J connectivity index is 2.49. The molecule has 2 atom stereocenters. The second kappa shape index (κ2) is 3.01. The molecule has 3 nitrogen and oxygen atoms in total. The van der Waals surface area contributed by atoms with Gasteiger partial charge in [0.2, 0.25) is 6.17 Å². The van der Waals surface area contributed by atoms with E-state index in [2.05, 4.69) is 0 Å². The Bertz CT molecular complexity index is 187. The fourth-order valence-corrected chi connectivity index (χ4v) is 1.28. The van der Waals surface area contributed by atoms with Gasteiger partial charge in [0, 0.05) is 0 Å². The molecule has 1 fully saturated rings. The van der Waals surface area contributed by atoms with Crippen LogP contribution in [0.5, 0.6) is 0 Å². The average molecular weight is 176 g/mol. The van der Waals surface area contributed by atoms with Crippen LogP contribution in [0.4, 0.5) is 4.39 Å². The van der Waals surface area contributed by atoms with Crippen molar-refractivity contribution in [2.75, 3.05) is 0 Å². The van der Waals surface area contributed by atoms with Crippen LogP contribution >= 0.6 is 0 Å². The molecule has 12 heavy (non-hydrogen) atoms. The topological polar surface area (TPSA) is 57.5 Å². The zero-order chi connectivity index (χ0) is 9.35. The Morgan fingerprint density at radius 3 is 2.58 bits per heavy atom. The van der Waals surface area contributed by atoms with Crippen LogP contribution in [-0.4, -0.2) is 28.0 Å². The fraction of sp³-hybridized carbons (Fsp3) is 0.875. The van der Waals surface area contributed by atoms with Crippen molar-refractivity contribution in [3.63, 3.8) is 0 Å². The molecule has 1 aliphatic rings. The zero-order valence-electron chi connectivity index (χ0n) is 6.96. The van der Waals surface area contributed by atoms with E-state index in [4.69, 9.17) is 5.11 Å². The van der Waals surface area contributed by atoms with E-state index in [-0.39, 0.29) is 6.42 Å². The highest BCUT2D eigenvalue weighted by molar-refractivity contribution is 5.73. The molecule has 2 unspecified atom stereocenters. The quantitative estimate of drug-likeness (QED) is 0.670. The summed E-state index contributed by atoms with van der Waals surface area (Å²) in [6, 6.07) is 0. The third kappa shape index (κ3) is 2.17. The average Bonchev–Trinajstić information content (AvgIpc) is 2.69. The molecule has 2 N–H and O–H groups in total. The van der Waals surface area contributed by atoms with Gasteiger partial charge in [0.1, 0.15) is 5.60 Å². The largest absolute Gasteiger partial charge is 0.479 e. The van der Waals surface area contributed by atoms with Gasteiger partial charge < -0.3 is 10.2 Å². The number of halogens is 1. The molecular formula is C8H13FO3. The Morgan fingerprint density at radius 2 is 2.25 bits per heavy atom. The number of rotatable bonds is 4. The van der Waals surface area contributed by atoms with Crippen molar-refractivity contribution >= 4 is 5.97 Å². The normalized spacial score (nSPS) is 24.6. The maximum Gasteiger partial charge on any atom is 0.341 e. The zero-order valence-corrected chi connectivity index (χ0v) is 6.96. The molecule has 4 heteroatoms. The monoisotopic (exact) mass is 176 g/mol. The summed E-state index contributed by atoms with van der Waals surface area (Å²) < 4.78 is 12.8. The minimum atomic E-state index is -2.17. The molecule has 0 amide bonds. The van der Waals surface area contributed by atoms with Crippen molar-refractivity contribution in [3.8, 4) is 0 Å². The van der Waals surface area contributed by atoms with Gasteiger partial charge in [-0.25, -0.2) is 9.18 Å². The number of aliphatic carboxylic acids is 1. The van der Waals surface area contributed by atoms with Gasteiger partial charge >= 0.3 is 5.97 Å². The van der Waals surface area contributed by atoms with Crippen molar-refractivity contribution < 1.29 is 19.4 Å². The lowest BCUT2D eigenvalue weighted by Crippen LogP contribution is -2.42. The second-order valence-electron chi connectivity index (χ2n) is 3.71. The Labute approximate surface area is 70.2 Å². The molecular weight excluding hydrogens is 163 g/mol. The van der Waals surface area contributed by atoms with E-state index >= 15 is 0 Å². The van der Waals surface area contributed by atoms with Crippen LogP contribution in [0.3, 0.4) is 0 Å². The van der Waals surface area contributed by atoms with Gasteiger partial charge in [-0.05, 0) is 19.3 Å². The number of carboxylic acid groups (broad SMARTS) is 1. The minimum absolute atomic E-state index is 0.250. The summed E-state index contributed by atoms with van der Waals surface area (Å²) in [6.45, 7) is 1.24. The number of carbonyl (C=O) groups is 1. The van der Waals surface area contributed by atoms with Crippen LogP contribution in [0.2, 0.25) is 0 Å². The summed E-state index contributed by atoms with van der Waals surface area (Å²) in [6.07, 6.45) is 0.0314. The highest BCUT2D eigenvalue weighted by atomic mass is 19.1. The molecule has 70 valence electrons. The molecule has 0 radical (unpaired) electrons. The van der Waals surface area contributed by atoms with Gasteiger partial charge in [-0.3, -0.25) is 0 Å². The number of alkyl halides is 1. The van der Waals surface area contributed by atoms with E-state index in [1.807, 2.05) is 0 Å². The molecule has 0 aromatic rings. The minimum Gasteiger partial charge on any atom is -0.479 e. The number of carboxylic acids is 1. The van der Waals surface area contributed by atoms with E-state index in [1.165, 1.54) is 6.92 Å². The molecule has 0 aromatic heterocycles. The van der Waals surface area contributed by atoms with Crippen molar-refractivity contribution in [3.05, 3.63) is 0 Å². The SMILES string of the molecule is CC(O)(CC1CC1)C(F)C(=O)O. The number of aliphatic hydroxyl groups is 1. The summed E-state index contributed by atoms with van der Waals surface area (Å²) >= 11 is 0. The fourth-order valence-electron chi connectivity index (χ4n) is 1.28. The van der Waals surface area contributed by atoms with Gasteiger partial charge in [0.05, 0.1) is 0 Å². The van der Waals surface area contributed by atoms with Gasteiger partial charge in [-0.2, -0.15) is 0 Å². The van der Waals surface area contributed by atoms with Crippen LogP contribution in [0.1, 0.15) is 26.2 Å². The number of hydrogen-bond donors (Lipinski definition) is 2. The van der Waals surface area contributed by atoms with E-state index < -0.39 is 17.7 Å². The highest BCUT2D eigenvalue weighted by Crippen LogP contribution is 2.38. The van der Waals surface area contributed by atoms with Crippen molar-refractivity contribution in [2.45, 2.75) is 38.0 Å². The molecule has 0 saturated heterocycles. The van der Waals surface area contributed by atoms with Gasteiger partial charge in [0.15, 0.2) is 0 Å². The van der Waals surface area contributed by atoms with Gasteiger partial charge in [0.25, 0.3) is 0 Å². The van der Waals surface area contributed by atoms with E-state index in [0.29, 0.717) is 5.92 Å². The standard InChI is InChI=1S/C8H13FO3/c1-8(12,4-5-2-3-5)6(9)7(10)11/h5-6,12H,2-4H2,1H3,(H,10,11). The lowest BCUT2D eigenvalue weighted by molar-refractivity contribution is -0.153. The molecule has 0 bridgehead atoms. The molecule has 0 spiro atoms. The molecule has 0 aromatic carbocycles. The summed E-state index contributed by atoms with van der Waals surface area (Å²) in [7, 11) is 0. The van der Waals surface area contributed by atoms with Crippen molar-refractivity contribution in [1.82, 2.24) is 0 Å². The Hall–Kier alpha value is -0.640. The van der Waals surface area contributed by atoms with Crippen LogP contribution in [-0.2, 0) is 4.79 Å². The van der Waals surface area contributed by atoms with Crippen molar-refractivity contribution in [1.29, 1.82) is 0 Å². The predicted octanol–water partition coefficient (Wildman–Crippen LogP) is 0.960. The smallest absolute Gasteiger partial charge is 0.341 e. The van der Waals surface area contributed by atoms with Crippen LogP contribution in [0.15, 0.2) is 0 Å². The molecule has 1 aliphatic carbocycles. The lowest BCUT2D eigenvalue weighted by atomic mass is 9.94. The predicted molar refractivity (Wildman–Crippen MR) is 40.5 cm³/mol. The summed E-state index contributed by atoms with van der Waals surface area (Å²) in [4.78, 5) is 10.2. The molecule has 0 heterocycles. The molecule has 1 rings (SSSR count). The van der Waals surface area contributed by atoms with Gasteiger partial charge in [-0.1, -0.05) is 12.8 Å². The van der Waals surface area contributed by atoms with Crippen LogP contribution in [0, 0.1) is 5.92 Å². The van der Waals surface area contributed by atoms with Crippen LogP contribution < -0.4 is 0 Å². The van der Waals surface area contributed by atoms with Gasteiger partial charge in [-0.15, -0.1) is 0 Å². The lowest BCUT2D eigenvalue weighted by Gasteiger charge is -2.24. The first-order valence-corrected chi connectivity index (χ1v) is 4.03. The maximum absolute atomic E-state index is 12.8. The second-order valence-corrected chi connectivity index (χ2v) is 3.71. The van der Waals surface area contributed by atoms with Crippen LogP contribution in [0.25, 0.3) is 0 Å². The first-order valence-electron chi connectivity index (χ1n) is 4.03. The molecule has 0 aliphatic heterocycles. The highest BCUT2D eigenvalue weighted by Gasteiger charge is 2.41. The van der Waals surface area contributed by atoms with E-state index in [1.54, 1.807) is 0 Å².